The smallest absolute Gasteiger partial charge is 0.337 e. The third-order valence-electron chi connectivity index (χ3n) is 2.89. The molecule has 15 heavy (non-hydrogen) atoms. The predicted molar refractivity (Wildman–Crippen MR) is 52.3 cm³/mol. The monoisotopic (exact) mass is 236 g/mol. The summed E-state index contributed by atoms with van der Waals surface area (Å²) in [5.74, 6) is 0. The van der Waals surface area contributed by atoms with Crippen LogP contribution in [0.5, 0.6) is 0 Å². The molecule has 1 fully saturated rings. The number of halogens is 3. The van der Waals surface area contributed by atoms with E-state index in [4.69, 9.17) is 12.2 Å². The highest BCUT2D eigenvalue weighted by atomic mass is 32.1. The van der Waals surface area contributed by atoms with E-state index in [1.807, 2.05) is 6.92 Å². The van der Waals surface area contributed by atoms with Gasteiger partial charge >= 0.3 is 6.18 Å². The number of nitrogens with zero attached hydrogens (tertiary/aromatic N) is 1. The Bertz CT molecular complexity index is 425. The highest BCUT2D eigenvalue weighted by Crippen LogP contribution is 2.56. The van der Waals surface area contributed by atoms with Gasteiger partial charge in [-0.3, -0.25) is 0 Å². The zero-order valence-electron chi connectivity index (χ0n) is 8.19. The second-order valence-corrected chi connectivity index (χ2v) is 4.19. The Kier molecular flexibility index (Phi) is 2.22. The second kappa shape index (κ2) is 3.10. The molecular weight excluding hydrogens is 225 g/mol. The molecule has 2 nitrogen and oxygen atoms in total. The van der Waals surface area contributed by atoms with Gasteiger partial charge in [0.1, 0.15) is 5.54 Å². The van der Waals surface area contributed by atoms with E-state index in [9.17, 15) is 13.2 Å². The average molecular weight is 236 g/mol. The molecule has 0 saturated heterocycles. The van der Waals surface area contributed by atoms with E-state index < -0.39 is 11.7 Å². The zero-order chi connectivity index (χ0) is 11.3. The quantitative estimate of drug-likeness (QED) is 0.782. The molecule has 1 aliphatic rings. The van der Waals surface area contributed by atoms with Gasteiger partial charge in [-0.1, -0.05) is 6.92 Å². The highest BCUT2D eigenvalue weighted by molar-refractivity contribution is 7.71. The number of aryl methyl sites for hydroxylation is 1. The van der Waals surface area contributed by atoms with Crippen LogP contribution in [0.4, 0.5) is 13.2 Å². The standard InChI is InChI=1S/C9H11F3N2S/c1-2-6-5-13-7(15)14(6)8(3-4-8)9(10,11)12/h5H,2-4H2,1H3,(H,13,15). The van der Waals surface area contributed by atoms with Gasteiger partial charge in [-0.2, -0.15) is 13.2 Å². The van der Waals surface area contributed by atoms with E-state index >= 15 is 0 Å². The Hall–Kier alpha value is -0.780. The maximum atomic E-state index is 12.9. The van der Waals surface area contributed by atoms with Crippen LogP contribution in [0.1, 0.15) is 25.5 Å². The Morgan fingerprint density at radius 3 is 2.53 bits per heavy atom. The highest BCUT2D eigenvalue weighted by Gasteiger charge is 2.65. The van der Waals surface area contributed by atoms with Gasteiger partial charge in [0, 0.05) is 11.9 Å². The lowest BCUT2D eigenvalue weighted by molar-refractivity contribution is -0.180. The number of nitrogens with one attached hydrogen (secondary N) is 1. The summed E-state index contributed by atoms with van der Waals surface area (Å²) in [4.78, 5) is 2.68. The molecule has 1 heterocycles. The summed E-state index contributed by atoms with van der Waals surface area (Å²) >= 11 is 4.90. The molecule has 0 aliphatic heterocycles. The number of aromatic nitrogens is 2. The van der Waals surface area contributed by atoms with Gasteiger partial charge < -0.3 is 9.55 Å². The number of hydrogen-bond donors (Lipinski definition) is 1. The van der Waals surface area contributed by atoms with Crippen LogP contribution in [0.15, 0.2) is 6.20 Å². The zero-order valence-corrected chi connectivity index (χ0v) is 9.00. The summed E-state index contributed by atoms with van der Waals surface area (Å²) in [6.45, 7) is 1.82. The first-order valence-corrected chi connectivity index (χ1v) is 5.20. The van der Waals surface area contributed by atoms with Crippen LogP contribution in [-0.2, 0) is 12.0 Å². The van der Waals surface area contributed by atoms with Gasteiger partial charge in [0.25, 0.3) is 0 Å². The topological polar surface area (TPSA) is 20.7 Å². The molecule has 1 aliphatic carbocycles. The van der Waals surface area contributed by atoms with Crippen LogP contribution in [0, 0.1) is 4.77 Å². The van der Waals surface area contributed by atoms with Crippen LogP contribution in [0.2, 0.25) is 0 Å². The van der Waals surface area contributed by atoms with Crippen molar-refractivity contribution >= 4 is 12.2 Å². The fourth-order valence-corrected chi connectivity index (χ4v) is 2.24. The van der Waals surface area contributed by atoms with Crippen LogP contribution in [0.3, 0.4) is 0 Å². The largest absolute Gasteiger partial charge is 0.412 e. The minimum Gasteiger partial charge on any atom is -0.337 e. The molecule has 0 spiro atoms. The Balaban J connectivity index is 2.55. The molecule has 84 valence electrons. The summed E-state index contributed by atoms with van der Waals surface area (Å²) in [5, 5.41) is 0. The van der Waals surface area contributed by atoms with Gasteiger partial charge in [-0.15, -0.1) is 0 Å². The molecule has 1 saturated carbocycles. The van der Waals surface area contributed by atoms with E-state index in [1.54, 1.807) is 6.20 Å². The van der Waals surface area contributed by atoms with E-state index in [0.717, 1.165) is 0 Å². The molecule has 6 heteroatoms. The fourth-order valence-electron chi connectivity index (χ4n) is 1.89. The predicted octanol–water partition coefficient (Wildman–Crippen LogP) is 3.16. The Morgan fingerprint density at radius 2 is 2.13 bits per heavy atom. The number of imidazole rings is 1. The van der Waals surface area contributed by atoms with E-state index in [0.29, 0.717) is 12.1 Å². The van der Waals surface area contributed by atoms with Crippen LogP contribution in [0.25, 0.3) is 0 Å². The summed E-state index contributed by atoms with van der Waals surface area (Å²) in [5.41, 5.74) is -1.11. The number of alkyl halides is 3. The van der Waals surface area contributed by atoms with Crippen molar-refractivity contribution in [3.63, 3.8) is 0 Å². The Morgan fingerprint density at radius 1 is 1.53 bits per heavy atom. The van der Waals surface area contributed by atoms with Crippen molar-refractivity contribution in [3.8, 4) is 0 Å². The van der Waals surface area contributed by atoms with Crippen LogP contribution in [-0.4, -0.2) is 15.7 Å². The van der Waals surface area contributed by atoms with E-state index in [1.165, 1.54) is 4.57 Å². The molecule has 1 aromatic heterocycles. The van der Waals surface area contributed by atoms with Crippen molar-refractivity contribution in [1.29, 1.82) is 0 Å². The van der Waals surface area contributed by atoms with Crippen molar-refractivity contribution < 1.29 is 13.2 Å². The molecule has 2 rings (SSSR count). The maximum Gasteiger partial charge on any atom is 0.412 e. The van der Waals surface area contributed by atoms with Gasteiger partial charge in [-0.05, 0) is 31.5 Å². The second-order valence-electron chi connectivity index (χ2n) is 3.80. The molecular formula is C9H11F3N2S. The molecule has 0 unspecified atom stereocenters. The van der Waals surface area contributed by atoms with Crippen molar-refractivity contribution in [1.82, 2.24) is 9.55 Å². The van der Waals surface area contributed by atoms with Crippen molar-refractivity contribution in [3.05, 3.63) is 16.7 Å². The number of hydrogen-bond acceptors (Lipinski definition) is 1. The lowest BCUT2D eigenvalue weighted by Gasteiger charge is -2.22. The Labute approximate surface area is 90.1 Å². The first-order valence-electron chi connectivity index (χ1n) is 4.79. The van der Waals surface area contributed by atoms with E-state index in [2.05, 4.69) is 4.98 Å². The molecule has 0 atom stereocenters. The van der Waals surface area contributed by atoms with E-state index in [-0.39, 0.29) is 17.6 Å². The summed E-state index contributed by atoms with van der Waals surface area (Å²) in [6, 6.07) is 0. The SMILES string of the molecule is CCc1c[nH]c(=S)n1C1(C(F)(F)F)CC1. The number of H-pyrrole nitrogens is 1. The minimum atomic E-state index is -4.21. The molecule has 0 bridgehead atoms. The van der Waals surface area contributed by atoms with Crippen LogP contribution < -0.4 is 0 Å². The third kappa shape index (κ3) is 1.42. The number of rotatable bonds is 2. The lowest BCUT2D eigenvalue weighted by atomic mass is 10.2. The summed E-state index contributed by atoms with van der Waals surface area (Å²) < 4.78 is 40.0. The third-order valence-corrected chi connectivity index (χ3v) is 3.19. The van der Waals surface area contributed by atoms with Crippen molar-refractivity contribution in [2.24, 2.45) is 0 Å². The van der Waals surface area contributed by atoms with Gasteiger partial charge in [0.05, 0.1) is 0 Å². The molecule has 1 N–H and O–H groups in total. The fraction of sp³-hybridized carbons (Fsp3) is 0.667. The van der Waals surface area contributed by atoms with Crippen molar-refractivity contribution in [2.75, 3.05) is 0 Å². The normalized spacial score (nSPS) is 19.2. The molecule has 0 amide bonds. The molecule has 1 aromatic rings. The first kappa shape index (κ1) is 10.7. The number of aromatic amines is 1. The minimum absolute atomic E-state index is 0.135. The lowest BCUT2D eigenvalue weighted by Crippen LogP contribution is -2.35. The van der Waals surface area contributed by atoms with Gasteiger partial charge in [0.2, 0.25) is 0 Å². The first-order chi connectivity index (χ1) is 6.92. The summed E-state index contributed by atoms with van der Waals surface area (Å²) in [7, 11) is 0. The summed E-state index contributed by atoms with van der Waals surface area (Å²) in [6.07, 6.45) is -1.83. The molecule has 0 radical (unpaired) electrons. The molecule has 0 aromatic carbocycles. The van der Waals surface area contributed by atoms with Crippen LogP contribution >= 0.6 is 12.2 Å². The van der Waals surface area contributed by atoms with Gasteiger partial charge in [0.15, 0.2) is 4.77 Å². The van der Waals surface area contributed by atoms with Gasteiger partial charge in [-0.25, -0.2) is 0 Å². The maximum absolute atomic E-state index is 12.9. The average Bonchev–Trinajstić information content (AvgIpc) is 2.85. The van der Waals surface area contributed by atoms with Crippen molar-refractivity contribution in [2.45, 2.75) is 37.9 Å².